The monoisotopic (exact) mass is 315 g/mol. The van der Waals surface area contributed by atoms with Gasteiger partial charge in [0.1, 0.15) is 0 Å². The van der Waals surface area contributed by atoms with Crippen molar-refractivity contribution in [1.82, 2.24) is 10.6 Å². The van der Waals surface area contributed by atoms with E-state index in [1.165, 1.54) is 16.7 Å². The van der Waals surface area contributed by atoms with Crippen molar-refractivity contribution in [2.45, 2.75) is 32.6 Å². The lowest BCUT2D eigenvalue weighted by Gasteiger charge is -2.18. The number of hydrogen-bond donors (Lipinski definition) is 2. The predicted octanol–water partition coefficient (Wildman–Crippen LogP) is 3.00. The van der Waals surface area contributed by atoms with Gasteiger partial charge in [0.05, 0.1) is 13.2 Å². The van der Waals surface area contributed by atoms with Gasteiger partial charge in [0.15, 0.2) is 5.96 Å². The van der Waals surface area contributed by atoms with Gasteiger partial charge < -0.3 is 15.4 Å². The number of nitrogens with one attached hydrogen (secondary N) is 2. The van der Waals surface area contributed by atoms with Gasteiger partial charge in [-0.15, -0.1) is 0 Å². The molecule has 1 aliphatic heterocycles. The summed E-state index contributed by atoms with van der Waals surface area (Å²) in [5, 5.41) is 6.81. The van der Waals surface area contributed by atoms with E-state index in [1.54, 1.807) is 0 Å². The first kappa shape index (κ1) is 17.5. The molecule has 0 spiro atoms. The number of hydrogen-bond acceptors (Lipinski definition) is 2. The molecule has 0 saturated carbocycles. The Hall–Kier alpha value is -1.81. The minimum atomic E-state index is 0.451. The van der Waals surface area contributed by atoms with E-state index in [-0.39, 0.29) is 0 Å². The second-order valence-electron chi connectivity index (χ2n) is 6.13. The number of guanidine groups is 1. The van der Waals surface area contributed by atoms with Crippen LogP contribution in [0.3, 0.4) is 0 Å². The molecule has 1 aromatic carbocycles. The number of benzene rings is 1. The van der Waals surface area contributed by atoms with E-state index >= 15 is 0 Å². The SMILES string of the molecule is CN=C(NCCC1=CCOCC1)NCC(C)c1cccc(C)c1. The molecule has 2 rings (SSSR count). The maximum Gasteiger partial charge on any atom is 0.191 e. The molecule has 126 valence electrons. The standard InChI is InChI=1S/C19H29N3O/c1-15-5-4-6-18(13-15)16(2)14-22-19(20-3)21-10-7-17-8-11-23-12-9-17/h4-6,8,13,16H,7,9-12,14H2,1-3H3,(H2,20,21,22). The van der Waals surface area contributed by atoms with Crippen LogP contribution in [0, 0.1) is 6.92 Å². The minimum absolute atomic E-state index is 0.451. The maximum absolute atomic E-state index is 5.33. The highest BCUT2D eigenvalue weighted by Crippen LogP contribution is 2.15. The first-order chi connectivity index (χ1) is 11.2. The minimum Gasteiger partial charge on any atom is -0.377 e. The number of ether oxygens (including phenoxy) is 1. The number of nitrogens with zero attached hydrogens (tertiary/aromatic N) is 1. The average molecular weight is 315 g/mol. The molecule has 1 aliphatic rings. The van der Waals surface area contributed by atoms with Gasteiger partial charge in [-0.3, -0.25) is 4.99 Å². The molecular weight excluding hydrogens is 286 g/mol. The fraction of sp³-hybridized carbons (Fsp3) is 0.526. The summed E-state index contributed by atoms with van der Waals surface area (Å²) in [6.45, 7) is 7.77. The van der Waals surface area contributed by atoms with Crippen LogP contribution in [0.4, 0.5) is 0 Å². The molecule has 1 unspecified atom stereocenters. The van der Waals surface area contributed by atoms with Crippen LogP contribution in [0.1, 0.15) is 36.8 Å². The molecule has 2 N–H and O–H groups in total. The van der Waals surface area contributed by atoms with Crippen LogP contribution in [0.25, 0.3) is 0 Å². The molecule has 1 heterocycles. The van der Waals surface area contributed by atoms with E-state index in [0.29, 0.717) is 5.92 Å². The van der Waals surface area contributed by atoms with Gasteiger partial charge in [-0.2, -0.15) is 0 Å². The molecule has 1 atom stereocenters. The third-order valence-electron chi connectivity index (χ3n) is 4.21. The van der Waals surface area contributed by atoms with Crippen LogP contribution in [-0.2, 0) is 4.74 Å². The van der Waals surface area contributed by atoms with Crippen molar-refractivity contribution in [3.63, 3.8) is 0 Å². The average Bonchev–Trinajstić information content (AvgIpc) is 2.58. The second kappa shape index (κ2) is 9.36. The molecule has 4 heteroatoms. The summed E-state index contributed by atoms with van der Waals surface area (Å²) in [4.78, 5) is 4.30. The smallest absolute Gasteiger partial charge is 0.191 e. The van der Waals surface area contributed by atoms with Crippen molar-refractivity contribution in [3.8, 4) is 0 Å². The zero-order chi connectivity index (χ0) is 16.5. The molecular formula is C19H29N3O. The summed E-state index contributed by atoms with van der Waals surface area (Å²) in [5.74, 6) is 1.32. The Balaban J connectivity index is 1.73. The zero-order valence-corrected chi connectivity index (χ0v) is 14.6. The van der Waals surface area contributed by atoms with Gasteiger partial charge in [-0.25, -0.2) is 0 Å². The van der Waals surface area contributed by atoms with E-state index in [1.807, 2.05) is 7.05 Å². The maximum atomic E-state index is 5.33. The zero-order valence-electron chi connectivity index (χ0n) is 14.6. The first-order valence-corrected chi connectivity index (χ1v) is 8.45. The predicted molar refractivity (Wildman–Crippen MR) is 97.1 cm³/mol. The van der Waals surface area contributed by atoms with Crippen molar-refractivity contribution < 1.29 is 4.74 Å². The highest BCUT2D eigenvalue weighted by Gasteiger charge is 2.07. The second-order valence-corrected chi connectivity index (χ2v) is 6.13. The summed E-state index contributed by atoms with van der Waals surface area (Å²) in [6, 6.07) is 8.69. The Labute approximate surface area is 140 Å². The third kappa shape index (κ3) is 6.06. The molecule has 4 nitrogen and oxygen atoms in total. The third-order valence-corrected chi connectivity index (χ3v) is 4.21. The quantitative estimate of drug-likeness (QED) is 0.482. The van der Waals surface area contributed by atoms with Crippen molar-refractivity contribution in [2.24, 2.45) is 4.99 Å². The van der Waals surface area contributed by atoms with Crippen LogP contribution >= 0.6 is 0 Å². The van der Waals surface area contributed by atoms with E-state index < -0.39 is 0 Å². The summed E-state index contributed by atoms with van der Waals surface area (Å²) in [6.07, 6.45) is 4.30. The van der Waals surface area contributed by atoms with Gasteiger partial charge in [-0.05, 0) is 31.2 Å². The van der Waals surface area contributed by atoms with Gasteiger partial charge in [0.25, 0.3) is 0 Å². The van der Waals surface area contributed by atoms with Crippen molar-refractivity contribution in [2.75, 3.05) is 33.4 Å². The van der Waals surface area contributed by atoms with Crippen LogP contribution in [0.5, 0.6) is 0 Å². The Morgan fingerprint density at radius 3 is 2.91 bits per heavy atom. The van der Waals surface area contributed by atoms with Gasteiger partial charge >= 0.3 is 0 Å². The fourth-order valence-electron chi connectivity index (χ4n) is 2.70. The van der Waals surface area contributed by atoms with Crippen LogP contribution in [-0.4, -0.2) is 39.3 Å². The Morgan fingerprint density at radius 1 is 1.35 bits per heavy atom. The first-order valence-electron chi connectivity index (χ1n) is 8.45. The topological polar surface area (TPSA) is 45.7 Å². The van der Waals surface area contributed by atoms with Crippen molar-refractivity contribution >= 4 is 5.96 Å². The largest absolute Gasteiger partial charge is 0.377 e. The molecule has 1 aromatic rings. The van der Waals surface area contributed by atoms with Gasteiger partial charge in [0, 0.05) is 20.1 Å². The van der Waals surface area contributed by atoms with E-state index in [4.69, 9.17) is 4.74 Å². The van der Waals surface area contributed by atoms with E-state index in [2.05, 4.69) is 59.8 Å². The van der Waals surface area contributed by atoms with Gasteiger partial charge in [0.2, 0.25) is 0 Å². The molecule has 0 aromatic heterocycles. The molecule has 0 radical (unpaired) electrons. The number of aryl methyl sites for hydroxylation is 1. The molecule has 0 saturated heterocycles. The van der Waals surface area contributed by atoms with Crippen molar-refractivity contribution in [1.29, 1.82) is 0 Å². The van der Waals surface area contributed by atoms with Crippen molar-refractivity contribution in [3.05, 3.63) is 47.0 Å². The van der Waals surface area contributed by atoms with Crippen LogP contribution in [0.2, 0.25) is 0 Å². The number of rotatable bonds is 6. The molecule has 23 heavy (non-hydrogen) atoms. The lowest BCUT2D eigenvalue weighted by Crippen LogP contribution is -2.39. The highest BCUT2D eigenvalue weighted by atomic mass is 16.5. The Bertz CT molecular complexity index is 551. The molecule has 0 fully saturated rings. The Kier molecular flexibility index (Phi) is 7.14. The molecule has 0 bridgehead atoms. The van der Waals surface area contributed by atoms with Crippen LogP contribution < -0.4 is 10.6 Å². The molecule has 0 aliphatic carbocycles. The lowest BCUT2D eigenvalue weighted by atomic mass is 9.99. The summed E-state index contributed by atoms with van der Waals surface area (Å²) < 4.78 is 5.33. The summed E-state index contributed by atoms with van der Waals surface area (Å²) in [7, 11) is 1.82. The van der Waals surface area contributed by atoms with E-state index in [0.717, 1.165) is 45.1 Å². The summed E-state index contributed by atoms with van der Waals surface area (Å²) >= 11 is 0. The van der Waals surface area contributed by atoms with Crippen LogP contribution in [0.15, 0.2) is 40.9 Å². The lowest BCUT2D eigenvalue weighted by molar-refractivity contribution is 0.153. The van der Waals surface area contributed by atoms with E-state index in [9.17, 15) is 0 Å². The molecule has 0 amide bonds. The fourth-order valence-corrected chi connectivity index (χ4v) is 2.70. The normalized spacial score (nSPS) is 16.7. The number of aliphatic imine (C=N–C) groups is 1. The van der Waals surface area contributed by atoms with Gasteiger partial charge in [-0.1, -0.05) is 48.4 Å². The summed E-state index contributed by atoms with van der Waals surface area (Å²) in [5.41, 5.74) is 4.15. The highest BCUT2D eigenvalue weighted by molar-refractivity contribution is 5.79. The Morgan fingerprint density at radius 2 is 2.22 bits per heavy atom.